The van der Waals surface area contributed by atoms with Gasteiger partial charge in [0.05, 0.1) is 6.26 Å². The monoisotopic (exact) mass is 265 g/mol. The Hall–Kier alpha value is -1.57. The molecule has 0 saturated carbocycles. The van der Waals surface area contributed by atoms with Gasteiger partial charge in [0.1, 0.15) is 11.3 Å². The minimum absolute atomic E-state index is 0.304. The molecule has 1 N–H and O–H groups in total. The summed E-state index contributed by atoms with van der Waals surface area (Å²) in [7, 11) is -5.02. The number of halogens is 1. The van der Waals surface area contributed by atoms with Crippen LogP contribution in [0.15, 0.2) is 21.8 Å². The second kappa shape index (κ2) is 4.36. The molecule has 0 fully saturated rings. The first-order valence-corrected chi connectivity index (χ1v) is 6.00. The van der Waals surface area contributed by atoms with Gasteiger partial charge >= 0.3 is 16.3 Å². The average Bonchev–Trinajstić information content (AvgIpc) is 2.46. The maximum atomic E-state index is 12.7. The fourth-order valence-corrected chi connectivity index (χ4v) is 1.54. The van der Waals surface area contributed by atoms with Crippen LogP contribution in [-0.2, 0) is 15.0 Å². The molecule has 1 amide bonds. The van der Waals surface area contributed by atoms with E-state index in [9.17, 15) is 17.1 Å². The summed E-state index contributed by atoms with van der Waals surface area (Å²) >= 11 is 0. The first-order valence-electron chi connectivity index (χ1n) is 4.62. The molecule has 96 valence electrons. The summed E-state index contributed by atoms with van der Waals surface area (Å²) in [4.78, 5) is 11.3. The van der Waals surface area contributed by atoms with Crippen molar-refractivity contribution >= 4 is 22.0 Å². The number of hydrogen-bond acceptors (Lipinski definition) is 5. The topological polar surface area (TPSA) is 85.6 Å². The molecule has 8 heteroatoms. The van der Waals surface area contributed by atoms with E-state index in [-0.39, 0.29) is 5.69 Å². The molecule has 0 aliphatic rings. The van der Waals surface area contributed by atoms with Crippen molar-refractivity contribution in [3.05, 3.63) is 12.3 Å². The van der Waals surface area contributed by atoms with Crippen LogP contribution in [0.25, 0.3) is 0 Å². The van der Waals surface area contributed by atoms with Gasteiger partial charge in [-0.05, 0) is 20.8 Å². The fraction of sp³-hybridized carbons (Fsp3) is 0.444. The molecule has 0 aromatic carbocycles. The third kappa shape index (κ3) is 4.06. The van der Waals surface area contributed by atoms with E-state index >= 15 is 0 Å². The zero-order valence-electron chi connectivity index (χ0n) is 9.48. The summed E-state index contributed by atoms with van der Waals surface area (Å²) in [6, 6.07) is 1.11. The molecule has 0 aliphatic heterocycles. The Bertz CT molecular complexity index is 514. The molecule has 1 aromatic rings. The number of ether oxygens (including phenoxy) is 1. The van der Waals surface area contributed by atoms with E-state index in [0.29, 0.717) is 0 Å². The van der Waals surface area contributed by atoms with Crippen molar-refractivity contribution < 1.29 is 26.3 Å². The van der Waals surface area contributed by atoms with Crippen LogP contribution in [-0.4, -0.2) is 20.1 Å². The predicted molar refractivity (Wildman–Crippen MR) is 56.9 cm³/mol. The molecule has 0 atom stereocenters. The van der Waals surface area contributed by atoms with Crippen LogP contribution < -0.4 is 5.32 Å². The summed E-state index contributed by atoms with van der Waals surface area (Å²) in [5, 5.41) is 1.12. The number of hydrogen-bond donors (Lipinski definition) is 1. The second-order valence-corrected chi connectivity index (χ2v) is 5.43. The zero-order chi connectivity index (χ0) is 13.3. The minimum Gasteiger partial charge on any atom is -0.449 e. The van der Waals surface area contributed by atoms with Crippen LogP contribution in [0.1, 0.15) is 20.8 Å². The Morgan fingerprint density at radius 1 is 1.47 bits per heavy atom. The standard InChI is InChI=1S/C9H12FNO5S/c1-9(2,3)16-8(12)11-6-4-5-15-7(6)17(10,13)14/h4-5H,1-3H3,(H,11,12). The number of carbonyl (C=O) groups is 1. The number of anilines is 1. The Morgan fingerprint density at radius 2 is 2.06 bits per heavy atom. The van der Waals surface area contributed by atoms with Crippen LogP contribution in [0.2, 0.25) is 0 Å². The van der Waals surface area contributed by atoms with E-state index in [1.165, 1.54) is 0 Å². The summed E-state index contributed by atoms with van der Waals surface area (Å²) in [6.07, 6.45) is 0.0444. The van der Waals surface area contributed by atoms with E-state index in [2.05, 4.69) is 9.73 Å². The quantitative estimate of drug-likeness (QED) is 0.829. The number of furan rings is 1. The number of carbonyl (C=O) groups excluding carboxylic acids is 1. The molecule has 0 spiro atoms. The number of amides is 1. The van der Waals surface area contributed by atoms with Gasteiger partial charge in [-0.1, -0.05) is 3.89 Å². The summed E-state index contributed by atoms with van der Waals surface area (Å²) in [6.45, 7) is 4.90. The molecule has 0 unspecified atom stereocenters. The van der Waals surface area contributed by atoms with E-state index in [1.54, 1.807) is 20.8 Å². The van der Waals surface area contributed by atoms with Crippen LogP contribution >= 0.6 is 0 Å². The van der Waals surface area contributed by atoms with Crippen LogP contribution in [0.3, 0.4) is 0 Å². The fourth-order valence-electron chi connectivity index (χ4n) is 0.990. The lowest BCUT2D eigenvalue weighted by Gasteiger charge is -2.19. The third-order valence-electron chi connectivity index (χ3n) is 1.49. The van der Waals surface area contributed by atoms with Gasteiger partial charge in [0.2, 0.25) is 0 Å². The van der Waals surface area contributed by atoms with E-state index in [4.69, 9.17) is 4.74 Å². The number of nitrogens with one attached hydrogen (secondary N) is 1. The summed E-state index contributed by atoms with van der Waals surface area (Å²) in [5.74, 6) is 0. The highest BCUT2D eigenvalue weighted by Gasteiger charge is 2.24. The van der Waals surface area contributed by atoms with E-state index in [1.807, 2.05) is 0 Å². The van der Waals surface area contributed by atoms with Gasteiger partial charge in [-0.3, -0.25) is 5.32 Å². The highest BCUT2D eigenvalue weighted by Crippen LogP contribution is 2.24. The van der Waals surface area contributed by atoms with Crippen LogP contribution in [0.4, 0.5) is 14.4 Å². The molecular formula is C9H12FNO5S. The van der Waals surface area contributed by atoms with Crippen molar-refractivity contribution in [3.63, 3.8) is 0 Å². The first-order chi connectivity index (χ1) is 7.59. The molecule has 0 saturated heterocycles. The SMILES string of the molecule is CC(C)(C)OC(=O)Nc1ccoc1S(=O)(=O)F. The zero-order valence-corrected chi connectivity index (χ0v) is 10.3. The van der Waals surface area contributed by atoms with Crippen molar-refractivity contribution in [3.8, 4) is 0 Å². The molecule has 17 heavy (non-hydrogen) atoms. The van der Waals surface area contributed by atoms with Crippen molar-refractivity contribution in [2.75, 3.05) is 5.32 Å². The Balaban J connectivity index is 2.84. The smallest absolute Gasteiger partial charge is 0.412 e. The van der Waals surface area contributed by atoms with Crippen molar-refractivity contribution in [1.29, 1.82) is 0 Å². The first kappa shape index (κ1) is 13.5. The Labute approximate surface area is 98.0 Å². The molecular weight excluding hydrogens is 253 g/mol. The predicted octanol–water partition coefficient (Wildman–Crippen LogP) is 2.28. The molecule has 6 nitrogen and oxygen atoms in total. The third-order valence-corrected chi connectivity index (χ3v) is 2.25. The van der Waals surface area contributed by atoms with E-state index < -0.39 is 27.0 Å². The van der Waals surface area contributed by atoms with E-state index in [0.717, 1.165) is 12.3 Å². The van der Waals surface area contributed by atoms with Gasteiger partial charge in [0, 0.05) is 6.07 Å². The van der Waals surface area contributed by atoms with Gasteiger partial charge in [0.15, 0.2) is 0 Å². The van der Waals surface area contributed by atoms with Crippen molar-refractivity contribution in [1.82, 2.24) is 0 Å². The normalized spacial score (nSPS) is 12.2. The van der Waals surface area contributed by atoms with Crippen molar-refractivity contribution in [2.45, 2.75) is 31.5 Å². The summed E-state index contributed by atoms with van der Waals surface area (Å²) < 4.78 is 43.2. The van der Waals surface area contributed by atoms with Crippen molar-refractivity contribution in [2.24, 2.45) is 0 Å². The molecule has 1 rings (SSSR count). The number of rotatable bonds is 2. The Kier molecular flexibility index (Phi) is 3.46. The highest BCUT2D eigenvalue weighted by atomic mass is 32.3. The highest BCUT2D eigenvalue weighted by molar-refractivity contribution is 7.86. The molecule has 0 bridgehead atoms. The average molecular weight is 265 g/mol. The van der Waals surface area contributed by atoms with Crippen LogP contribution in [0, 0.1) is 0 Å². The lowest BCUT2D eigenvalue weighted by molar-refractivity contribution is 0.0635. The minimum atomic E-state index is -5.02. The van der Waals surface area contributed by atoms with Gasteiger partial charge in [-0.15, -0.1) is 0 Å². The van der Waals surface area contributed by atoms with Gasteiger partial charge in [0.25, 0.3) is 5.09 Å². The lowest BCUT2D eigenvalue weighted by Crippen LogP contribution is -2.27. The van der Waals surface area contributed by atoms with Gasteiger partial charge in [-0.25, -0.2) is 4.79 Å². The molecule has 1 aromatic heterocycles. The summed E-state index contributed by atoms with van der Waals surface area (Å²) in [5.41, 5.74) is -1.05. The second-order valence-electron chi connectivity index (χ2n) is 4.19. The van der Waals surface area contributed by atoms with Crippen LogP contribution in [0.5, 0.6) is 0 Å². The molecule has 1 heterocycles. The largest absolute Gasteiger partial charge is 0.449 e. The maximum Gasteiger partial charge on any atom is 0.412 e. The maximum absolute atomic E-state index is 12.7. The molecule has 0 radical (unpaired) electrons. The van der Waals surface area contributed by atoms with Gasteiger partial charge < -0.3 is 9.15 Å². The lowest BCUT2D eigenvalue weighted by atomic mass is 10.2. The van der Waals surface area contributed by atoms with Gasteiger partial charge in [-0.2, -0.15) is 8.42 Å². The molecule has 0 aliphatic carbocycles. The Morgan fingerprint density at radius 3 is 2.53 bits per heavy atom.